The van der Waals surface area contributed by atoms with Gasteiger partial charge in [-0.05, 0) is 41.7 Å². The van der Waals surface area contributed by atoms with Gasteiger partial charge in [0, 0.05) is 11.8 Å². The summed E-state index contributed by atoms with van der Waals surface area (Å²) in [5.41, 5.74) is 5.59. The Morgan fingerprint density at radius 3 is 3.00 bits per heavy atom. The molecule has 6 nitrogen and oxygen atoms in total. The molecule has 0 saturated carbocycles. The van der Waals surface area contributed by atoms with Gasteiger partial charge >= 0.3 is 0 Å². The molecule has 0 aliphatic heterocycles. The normalized spacial score (nSPS) is 13.5. The third-order valence-electron chi connectivity index (χ3n) is 4.69. The first-order valence-corrected chi connectivity index (χ1v) is 8.64. The highest BCUT2D eigenvalue weighted by atomic mass is 16.3. The van der Waals surface area contributed by atoms with Crippen molar-refractivity contribution in [3.05, 3.63) is 83.7 Å². The number of aromatic nitrogens is 4. The van der Waals surface area contributed by atoms with E-state index >= 15 is 0 Å². The van der Waals surface area contributed by atoms with Crippen LogP contribution in [0.15, 0.2) is 65.7 Å². The molecular formula is C20H17N5O. The van der Waals surface area contributed by atoms with E-state index < -0.39 is 0 Å². The number of allylic oxidation sites excluding steroid dienone is 1. The van der Waals surface area contributed by atoms with Crippen molar-refractivity contribution in [2.45, 2.75) is 19.4 Å². The second-order valence-corrected chi connectivity index (χ2v) is 6.27. The summed E-state index contributed by atoms with van der Waals surface area (Å²) >= 11 is 0. The van der Waals surface area contributed by atoms with Crippen molar-refractivity contribution in [1.82, 2.24) is 19.6 Å². The van der Waals surface area contributed by atoms with Crippen LogP contribution in [-0.2, 0) is 13.0 Å². The molecule has 0 atom stereocenters. The van der Waals surface area contributed by atoms with E-state index in [0.29, 0.717) is 12.5 Å². The molecule has 6 heteroatoms. The molecule has 0 saturated heterocycles. The van der Waals surface area contributed by atoms with E-state index in [0.717, 1.165) is 29.8 Å². The zero-order valence-corrected chi connectivity index (χ0v) is 14.1. The van der Waals surface area contributed by atoms with E-state index in [1.165, 1.54) is 16.7 Å². The summed E-state index contributed by atoms with van der Waals surface area (Å²) in [6.45, 7) is 0.554. The smallest absolute Gasteiger partial charge is 0.210 e. The number of nitrogens with zero attached hydrogens (tertiary/aromatic N) is 4. The van der Waals surface area contributed by atoms with Crippen molar-refractivity contribution in [1.29, 1.82) is 0 Å². The highest BCUT2D eigenvalue weighted by molar-refractivity contribution is 5.88. The number of benzene rings is 1. The lowest BCUT2D eigenvalue weighted by Gasteiger charge is -2.18. The predicted octanol–water partition coefficient (Wildman–Crippen LogP) is 3.71. The molecule has 4 aromatic rings. The summed E-state index contributed by atoms with van der Waals surface area (Å²) in [7, 11) is 0. The number of furan rings is 1. The lowest BCUT2D eigenvalue weighted by atomic mass is 9.88. The molecule has 0 amide bonds. The van der Waals surface area contributed by atoms with Gasteiger partial charge in [0.1, 0.15) is 12.1 Å². The number of nitrogens with one attached hydrogen (secondary N) is 1. The van der Waals surface area contributed by atoms with Crippen LogP contribution in [0.5, 0.6) is 0 Å². The van der Waals surface area contributed by atoms with Crippen molar-refractivity contribution in [3.8, 4) is 0 Å². The van der Waals surface area contributed by atoms with Crippen LogP contribution in [0.2, 0.25) is 0 Å². The Labute approximate surface area is 150 Å². The first kappa shape index (κ1) is 14.9. The van der Waals surface area contributed by atoms with Crippen LogP contribution in [0.1, 0.15) is 28.9 Å². The first-order chi connectivity index (χ1) is 12.9. The fourth-order valence-electron chi connectivity index (χ4n) is 3.46. The molecule has 1 aromatic carbocycles. The van der Waals surface area contributed by atoms with Crippen LogP contribution in [-0.4, -0.2) is 19.6 Å². The molecule has 1 aliphatic rings. The molecule has 26 heavy (non-hydrogen) atoms. The van der Waals surface area contributed by atoms with E-state index in [1.54, 1.807) is 12.6 Å². The molecular weight excluding hydrogens is 326 g/mol. The van der Waals surface area contributed by atoms with Gasteiger partial charge in [-0.15, -0.1) is 10.2 Å². The summed E-state index contributed by atoms with van der Waals surface area (Å²) in [5.74, 6) is 1.54. The summed E-state index contributed by atoms with van der Waals surface area (Å²) in [6.07, 6.45) is 9.58. The van der Waals surface area contributed by atoms with Gasteiger partial charge in [0.05, 0.1) is 12.8 Å². The van der Waals surface area contributed by atoms with E-state index in [9.17, 15) is 0 Å². The Morgan fingerprint density at radius 2 is 2.08 bits per heavy atom. The van der Waals surface area contributed by atoms with Crippen molar-refractivity contribution < 1.29 is 4.42 Å². The molecule has 0 spiro atoms. The van der Waals surface area contributed by atoms with Gasteiger partial charge in [0.2, 0.25) is 5.95 Å². The minimum Gasteiger partial charge on any atom is -0.467 e. The fraction of sp³-hybridized carbons (Fsp3) is 0.150. The maximum absolute atomic E-state index is 5.37. The largest absolute Gasteiger partial charge is 0.467 e. The average molecular weight is 343 g/mol. The monoisotopic (exact) mass is 343 g/mol. The lowest BCUT2D eigenvalue weighted by molar-refractivity contribution is 0.517. The van der Waals surface area contributed by atoms with E-state index in [2.05, 4.69) is 50.8 Å². The quantitative estimate of drug-likeness (QED) is 0.612. The molecule has 1 N–H and O–H groups in total. The number of rotatable bonds is 4. The van der Waals surface area contributed by atoms with Gasteiger partial charge in [-0.25, -0.2) is 4.98 Å². The molecule has 0 bridgehead atoms. The number of hydrogen-bond acceptors (Lipinski definition) is 5. The van der Waals surface area contributed by atoms with Gasteiger partial charge in [0.15, 0.2) is 5.65 Å². The minimum absolute atomic E-state index is 0.554. The van der Waals surface area contributed by atoms with Crippen LogP contribution >= 0.6 is 0 Å². The molecule has 3 aromatic heterocycles. The molecule has 3 heterocycles. The van der Waals surface area contributed by atoms with Crippen molar-refractivity contribution >= 4 is 17.2 Å². The van der Waals surface area contributed by atoms with Crippen molar-refractivity contribution in [2.24, 2.45) is 0 Å². The second kappa shape index (κ2) is 6.15. The minimum atomic E-state index is 0.554. The molecule has 0 unspecified atom stereocenters. The Bertz CT molecular complexity index is 1090. The molecule has 0 radical (unpaired) electrons. The van der Waals surface area contributed by atoms with Crippen LogP contribution in [0.4, 0.5) is 5.95 Å². The Kier molecular flexibility index (Phi) is 3.52. The Balaban J connectivity index is 1.55. The molecule has 128 valence electrons. The third kappa shape index (κ3) is 2.47. The Hall–Kier alpha value is -3.41. The average Bonchev–Trinajstić information content (AvgIpc) is 3.38. The summed E-state index contributed by atoms with van der Waals surface area (Å²) in [5, 5.41) is 11.7. The van der Waals surface area contributed by atoms with E-state index in [-0.39, 0.29) is 0 Å². The van der Waals surface area contributed by atoms with E-state index in [1.807, 2.05) is 22.7 Å². The van der Waals surface area contributed by atoms with Gasteiger partial charge < -0.3 is 9.73 Å². The predicted molar refractivity (Wildman–Crippen MR) is 98.7 cm³/mol. The highest BCUT2D eigenvalue weighted by Crippen LogP contribution is 2.33. The summed E-state index contributed by atoms with van der Waals surface area (Å²) in [6, 6.07) is 12.3. The van der Waals surface area contributed by atoms with Crippen molar-refractivity contribution in [3.63, 3.8) is 0 Å². The third-order valence-corrected chi connectivity index (χ3v) is 4.69. The van der Waals surface area contributed by atoms with Crippen LogP contribution in [0.3, 0.4) is 0 Å². The van der Waals surface area contributed by atoms with Crippen molar-refractivity contribution in [2.75, 3.05) is 5.32 Å². The Morgan fingerprint density at radius 1 is 1.12 bits per heavy atom. The SMILES string of the molecule is C1=C(c2cnc(NCc3ccco3)n3cnnc23)c2ccccc2CC1. The van der Waals surface area contributed by atoms with Gasteiger partial charge in [-0.1, -0.05) is 30.3 Å². The molecule has 5 rings (SSSR count). The topological polar surface area (TPSA) is 68.2 Å². The summed E-state index contributed by atoms with van der Waals surface area (Å²) in [4.78, 5) is 4.62. The number of hydrogen-bond donors (Lipinski definition) is 1. The lowest BCUT2D eigenvalue weighted by Crippen LogP contribution is -2.08. The van der Waals surface area contributed by atoms with Crippen LogP contribution in [0, 0.1) is 0 Å². The second-order valence-electron chi connectivity index (χ2n) is 6.27. The van der Waals surface area contributed by atoms with E-state index in [4.69, 9.17) is 4.42 Å². The molecule has 0 fully saturated rings. The number of fused-ring (bicyclic) bond motifs is 2. The molecule has 1 aliphatic carbocycles. The number of anilines is 1. The zero-order chi connectivity index (χ0) is 17.3. The number of aryl methyl sites for hydroxylation is 1. The highest BCUT2D eigenvalue weighted by Gasteiger charge is 2.18. The van der Waals surface area contributed by atoms with Crippen LogP contribution in [0.25, 0.3) is 11.2 Å². The van der Waals surface area contributed by atoms with Gasteiger partial charge in [-0.3, -0.25) is 4.40 Å². The van der Waals surface area contributed by atoms with Gasteiger partial charge in [0.25, 0.3) is 0 Å². The van der Waals surface area contributed by atoms with Gasteiger partial charge in [-0.2, -0.15) is 0 Å². The fourth-order valence-corrected chi connectivity index (χ4v) is 3.46. The summed E-state index contributed by atoms with van der Waals surface area (Å²) < 4.78 is 7.25. The van der Waals surface area contributed by atoms with Crippen LogP contribution < -0.4 is 5.32 Å². The standard InChI is InChI=1S/C20H17N5O/c1-2-8-16-14(5-1)6-3-9-17(16)18-12-22-20(25-13-23-24-19(18)25)21-11-15-7-4-10-26-15/h1-2,4-5,7-10,12-13H,3,6,11H2,(H,21,22). The zero-order valence-electron chi connectivity index (χ0n) is 14.1. The first-order valence-electron chi connectivity index (χ1n) is 8.64. The maximum Gasteiger partial charge on any atom is 0.210 e. The maximum atomic E-state index is 5.37.